The summed E-state index contributed by atoms with van der Waals surface area (Å²) in [4.78, 5) is 28.6. The van der Waals surface area contributed by atoms with Gasteiger partial charge < -0.3 is 15.0 Å². The summed E-state index contributed by atoms with van der Waals surface area (Å²) in [5, 5.41) is 10.00. The number of para-hydroxylation sites is 1. The van der Waals surface area contributed by atoms with E-state index in [-0.39, 0.29) is 24.1 Å². The van der Waals surface area contributed by atoms with E-state index in [0.29, 0.717) is 23.0 Å². The van der Waals surface area contributed by atoms with E-state index < -0.39 is 0 Å². The zero-order valence-electron chi connectivity index (χ0n) is 10.7. The summed E-state index contributed by atoms with van der Waals surface area (Å²) in [6.45, 7) is 0.328. The van der Waals surface area contributed by atoms with Gasteiger partial charge in [0.05, 0.1) is 18.2 Å². The first-order valence-corrected chi connectivity index (χ1v) is 6.41. The van der Waals surface area contributed by atoms with Crippen LogP contribution in [0.4, 0.5) is 0 Å². The molecule has 1 aromatic carbocycles. The molecule has 0 saturated heterocycles. The first-order valence-electron chi connectivity index (χ1n) is 6.41. The third-order valence-corrected chi connectivity index (χ3v) is 3.49. The highest BCUT2D eigenvalue weighted by Crippen LogP contribution is 2.19. The lowest BCUT2D eigenvalue weighted by atomic mass is 10.1. The van der Waals surface area contributed by atoms with Gasteiger partial charge in [0, 0.05) is 23.5 Å². The molecule has 5 nitrogen and oxygen atoms in total. The van der Waals surface area contributed by atoms with Crippen molar-refractivity contribution in [1.29, 1.82) is 0 Å². The minimum atomic E-state index is -0.319. The number of nitrogens with one attached hydrogen (secondary N) is 1. The summed E-state index contributed by atoms with van der Waals surface area (Å²) in [5.41, 5.74) is 0.697. The number of rotatable bonds is 2. The lowest BCUT2D eigenvalue weighted by molar-refractivity contribution is 0.0702. The molecular formula is C15H14N2O3. The number of nitrogens with zero attached hydrogens (tertiary/aromatic N) is 1. The first-order chi connectivity index (χ1) is 9.70. The third kappa shape index (κ3) is 2.02. The average Bonchev–Trinajstić information content (AvgIpc) is 2.94. The van der Waals surface area contributed by atoms with E-state index in [0.717, 1.165) is 0 Å². The molecule has 1 atom stereocenters. The molecule has 1 aliphatic heterocycles. The number of aliphatic hydroxyl groups is 1. The number of carbonyl (C=O) groups excluding carboxylic acids is 1. The van der Waals surface area contributed by atoms with Crippen molar-refractivity contribution < 1.29 is 9.90 Å². The molecule has 0 unspecified atom stereocenters. The molecule has 1 aromatic heterocycles. The first kappa shape index (κ1) is 12.6. The molecule has 1 amide bonds. The monoisotopic (exact) mass is 270 g/mol. The maximum absolute atomic E-state index is 12.6. The molecule has 0 saturated carbocycles. The van der Waals surface area contributed by atoms with Crippen LogP contribution in [-0.4, -0.2) is 40.1 Å². The Morgan fingerprint density at radius 1 is 1.40 bits per heavy atom. The number of amides is 1. The van der Waals surface area contributed by atoms with E-state index in [9.17, 15) is 14.7 Å². The predicted octanol–water partition coefficient (Wildman–Crippen LogP) is 0.901. The molecule has 2 aromatic rings. The Kier molecular flexibility index (Phi) is 3.12. The molecular weight excluding hydrogens is 256 g/mol. The maximum atomic E-state index is 12.6. The van der Waals surface area contributed by atoms with Crippen molar-refractivity contribution in [2.24, 2.45) is 0 Å². The van der Waals surface area contributed by atoms with E-state index in [1.807, 2.05) is 12.1 Å². The number of benzene rings is 1. The Labute approximate surface area is 115 Å². The van der Waals surface area contributed by atoms with Crippen molar-refractivity contribution in [3.8, 4) is 0 Å². The van der Waals surface area contributed by atoms with Gasteiger partial charge in [0.1, 0.15) is 0 Å². The summed E-state index contributed by atoms with van der Waals surface area (Å²) in [5.74, 6) is -0.239. The number of hydrogen-bond acceptors (Lipinski definition) is 3. The topological polar surface area (TPSA) is 73.4 Å². The Balaban J connectivity index is 2.10. The average molecular weight is 270 g/mol. The fraction of sp³-hybridized carbons (Fsp3) is 0.200. The normalized spacial score (nSPS) is 17.9. The number of fused-ring (bicyclic) bond motifs is 1. The van der Waals surface area contributed by atoms with Crippen LogP contribution in [0.3, 0.4) is 0 Å². The van der Waals surface area contributed by atoms with Gasteiger partial charge in [-0.2, -0.15) is 0 Å². The van der Waals surface area contributed by atoms with Gasteiger partial charge in [-0.05, 0) is 6.07 Å². The van der Waals surface area contributed by atoms with Crippen molar-refractivity contribution in [3.05, 3.63) is 58.4 Å². The van der Waals surface area contributed by atoms with Crippen LogP contribution in [0.5, 0.6) is 0 Å². The number of aromatic amines is 1. The summed E-state index contributed by atoms with van der Waals surface area (Å²) in [7, 11) is 0. The molecule has 0 fully saturated rings. The summed E-state index contributed by atoms with van der Waals surface area (Å²) in [6.07, 6.45) is 3.64. The van der Waals surface area contributed by atoms with Crippen LogP contribution in [0, 0.1) is 0 Å². The van der Waals surface area contributed by atoms with E-state index >= 15 is 0 Å². The zero-order valence-corrected chi connectivity index (χ0v) is 10.7. The second kappa shape index (κ2) is 4.94. The van der Waals surface area contributed by atoms with Crippen LogP contribution in [-0.2, 0) is 0 Å². The number of hydrogen-bond donors (Lipinski definition) is 2. The second-order valence-electron chi connectivity index (χ2n) is 4.73. The number of carbonyl (C=O) groups is 1. The van der Waals surface area contributed by atoms with Gasteiger partial charge in [-0.1, -0.05) is 30.4 Å². The zero-order chi connectivity index (χ0) is 14.1. The van der Waals surface area contributed by atoms with Crippen LogP contribution in [0.15, 0.2) is 47.3 Å². The summed E-state index contributed by atoms with van der Waals surface area (Å²) < 4.78 is 0. The van der Waals surface area contributed by atoms with Crippen molar-refractivity contribution in [1.82, 2.24) is 9.88 Å². The van der Waals surface area contributed by atoms with Crippen LogP contribution in [0.2, 0.25) is 0 Å². The minimum Gasteiger partial charge on any atom is -0.394 e. The van der Waals surface area contributed by atoms with Crippen LogP contribution < -0.4 is 5.56 Å². The Hall–Kier alpha value is -2.40. The fourth-order valence-corrected chi connectivity index (χ4v) is 2.50. The number of aliphatic hydroxyl groups excluding tert-OH is 1. The highest BCUT2D eigenvalue weighted by molar-refractivity contribution is 6.06. The molecule has 1 aliphatic rings. The van der Waals surface area contributed by atoms with Crippen molar-refractivity contribution in [2.45, 2.75) is 6.04 Å². The number of H-pyrrole nitrogens is 1. The molecule has 102 valence electrons. The van der Waals surface area contributed by atoms with Gasteiger partial charge in [0.25, 0.3) is 5.91 Å². The van der Waals surface area contributed by atoms with Gasteiger partial charge in [0.2, 0.25) is 5.56 Å². The van der Waals surface area contributed by atoms with Crippen molar-refractivity contribution in [3.63, 3.8) is 0 Å². The molecule has 0 bridgehead atoms. The van der Waals surface area contributed by atoms with E-state index in [4.69, 9.17) is 0 Å². The van der Waals surface area contributed by atoms with Crippen LogP contribution >= 0.6 is 0 Å². The lowest BCUT2D eigenvalue weighted by Crippen LogP contribution is -2.38. The lowest BCUT2D eigenvalue weighted by Gasteiger charge is -2.23. The molecule has 5 heteroatoms. The SMILES string of the molecule is O=C(c1cc(=O)[nH]c2ccccc12)N1CC=C[C@@H]1CO. The van der Waals surface area contributed by atoms with Gasteiger partial charge in [-0.3, -0.25) is 9.59 Å². The molecule has 20 heavy (non-hydrogen) atoms. The molecule has 2 N–H and O–H groups in total. The van der Waals surface area contributed by atoms with E-state index in [1.165, 1.54) is 6.07 Å². The van der Waals surface area contributed by atoms with E-state index in [2.05, 4.69) is 4.98 Å². The standard InChI is InChI=1S/C15H14N2O3/c18-9-10-4-3-7-17(10)15(20)12-8-14(19)16-13-6-2-1-5-11(12)13/h1-6,8,10,18H,7,9H2,(H,16,19)/t10-/m1/s1. The van der Waals surface area contributed by atoms with Gasteiger partial charge in [-0.25, -0.2) is 0 Å². The highest BCUT2D eigenvalue weighted by atomic mass is 16.3. The molecule has 0 radical (unpaired) electrons. The second-order valence-corrected chi connectivity index (χ2v) is 4.73. The maximum Gasteiger partial charge on any atom is 0.255 e. The molecule has 3 rings (SSSR count). The van der Waals surface area contributed by atoms with Crippen molar-refractivity contribution >= 4 is 16.8 Å². The Morgan fingerprint density at radius 2 is 2.20 bits per heavy atom. The van der Waals surface area contributed by atoms with Gasteiger partial charge >= 0.3 is 0 Å². The number of aromatic nitrogens is 1. The van der Waals surface area contributed by atoms with Crippen LogP contribution in [0.1, 0.15) is 10.4 Å². The highest BCUT2D eigenvalue weighted by Gasteiger charge is 2.26. The summed E-state index contributed by atoms with van der Waals surface area (Å²) in [6, 6.07) is 8.19. The molecule has 0 aliphatic carbocycles. The van der Waals surface area contributed by atoms with E-state index in [1.54, 1.807) is 29.2 Å². The smallest absolute Gasteiger partial charge is 0.255 e. The quantitative estimate of drug-likeness (QED) is 0.796. The predicted molar refractivity (Wildman–Crippen MR) is 75.6 cm³/mol. The van der Waals surface area contributed by atoms with Crippen molar-refractivity contribution in [2.75, 3.05) is 13.2 Å². The minimum absolute atomic E-state index is 0.122. The molecule has 0 spiro atoms. The van der Waals surface area contributed by atoms with Crippen LogP contribution in [0.25, 0.3) is 10.9 Å². The largest absolute Gasteiger partial charge is 0.394 e. The number of pyridine rings is 1. The Morgan fingerprint density at radius 3 is 3.00 bits per heavy atom. The summed E-state index contributed by atoms with van der Waals surface area (Å²) >= 11 is 0. The third-order valence-electron chi connectivity index (χ3n) is 3.49. The fourth-order valence-electron chi connectivity index (χ4n) is 2.50. The molecule has 2 heterocycles. The Bertz CT molecular complexity index is 748. The van der Waals surface area contributed by atoms with Gasteiger partial charge in [0.15, 0.2) is 0 Å². The van der Waals surface area contributed by atoms with Gasteiger partial charge in [-0.15, -0.1) is 0 Å².